The van der Waals surface area contributed by atoms with E-state index in [9.17, 15) is 15.2 Å². The lowest BCUT2D eigenvalue weighted by atomic mass is 9.80. The van der Waals surface area contributed by atoms with Crippen LogP contribution in [0.25, 0.3) is 0 Å². The van der Waals surface area contributed by atoms with Gasteiger partial charge in [0.25, 0.3) is 5.69 Å². The van der Waals surface area contributed by atoms with Crippen LogP contribution in [0.15, 0.2) is 18.3 Å². The average Bonchev–Trinajstić information content (AvgIpc) is 2.54. The van der Waals surface area contributed by atoms with Crippen molar-refractivity contribution in [3.63, 3.8) is 0 Å². The molecule has 0 bridgehead atoms. The molecule has 1 aromatic rings. The molecule has 2 N–H and O–H groups in total. The van der Waals surface area contributed by atoms with Crippen molar-refractivity contribution in [3.8, 4) is 0 Å². The van der Waals surface area contributed by atoms with Crippen molar-refractivity contribution in [3.05, 3.63) is 28.4 Å². The van der Waals surface area contributed by atoms with E-state index in [1.165, 1.54) is 31.5 Å². The van der Waals surface area contributed by atoms with Crippen LogP contribution in [0.3, 0.4) is 0 Å². The van der Waals surface area contributed by atoms with E-state index >= 15 is 0 Å². The molecule has 1 saturated carbocycles. The normalized spacial score (nSPS) is 17.4. The molecule has 1 heterocycles. The van der Waals surface area contributed by atoms with Gasteiger partial charge in [-0.1, -0.05) is 19.3 Å². The van der Waals surface area contributed by atoms with Crippen LogP contribution >= 0.6 is 0 Å². The van der Waals surface area contributed by atoms with Crippen molar-refractivity contribution < 1.29 is 10.0 Å². The van der Waals surface area contributed by atoms with E-state index in [1.54, 1.807) is 6.07 Å². The lowest BCUT2D eigenvalue weighted by Gasteiger charge is -2.45. The Labute approximate surface area is 130 Å². The summed E-state index contributed by atoms with van der Waals surface area (Å²) in [5.41, 5.74) is 0.0140. The number of hydrogen-bond acceptors (Lipinski definition) is 6. The van der Waals surface area contributed by atoms with Gasteiger partial charge in [-0.25, -0.2) is 4.98 Å². The van der Waals surface area contributed by atoms with Crippen LogP contribution in [0, 0.1) is 10.1 Å². The first-order valence-electron chi connectivity index (χ1n) is 7.74. The van der Waals surface area contributed by atoms with Gasteiger partial charge in [-0.05, 0) is 26.0 Å². The number of nitro groups is 1. The molecule has 7 heteroatoms. The Hall–Kier alpha value is -1.73. The molecule has 1 aromatic heterocycles. The lowest BCUT2D eigenvalue weighted by Crippen LogP contribution is -2.53. The Bertz CT molecular complexity index is 486. The molecule has 0 amide bonds. The Morgan fingerprint density at radius 1 is 1.41 bits per heavy atom. The Morgan fingerprint density at radius 3 is 2.68 bits per heavy atom. The molecule has 0 unspecified atom stereocenters. The largest absolute Gasteiger partial charge is 0.395 e. The second-order valence-electron chi connectivity index (χ2n) is 5.94. The van der Waals surface area contributed by atoms with Crippen molar-refractivity contribution in [1.82, 2.24) is 9.88 Å². The summed E-state index contributed by atoms with van der Waals surface area (Å²) in [7, 11) is 2.05. The lowest BCUT2D eigenvalue weighted by molar-refractivity contribution is -0.385. The standard InChI is InChI=1S/C15H24N4O3/c1-18(9-10-20)15(7-3-2-4-8-15)12-17-14-6-5-13(11-16-14)19(21)22/h5-6,11,20H,2-4,7-10,12H2,1H3,(H,16,17). The number of rotatable bonds is 7. The van der Waals surface area contributed by atoms with Crippen molar-refractivity contribution in [2.24, 2.45) is 0 Å². The molecule has 2 rings (SSSR count). The molecule has 122 valence electrons. The maximum absolute atomic E-state index is 10.6. The summed E-state index contributed by atoms with van der Waals surface area (Å²) in [6, 6.07) is 3.10. The van der Waals surface area contributed by atoms with Crippen LogP contribution in [0.4, 0.5) is 11.5 Å². The van der Waals surface area contributed by atoms with Crippen LogP contribution in [-0.4, -0.2) is 52.2 Å². The summed E-state index contributed by atoms with van der Waals surface area (Å²) in [5.74, 6) is 0.646. The second kappa shape index (κ2) is 7.51. The highest BCUT2D eigenvalue weighted by Gasteiger charge is 2.35. The van der Waals surface area contributed by atoms with Crippen LogP contribution in [-0.2, 0) is 0 Å². The fourth-order valence-corrected chi connectivity index (χ4v) is 3.14. The molecular formula is C15H24N4O3. The molecule has 1 aliphatic rings. The molecular weight excluding hydrogens is 284 g/mol. The van der Waals surface area contributed by atoms with E-state index in [1.807, 2.05) is 7.05 Å². The Morgan fingerprint density at radius 2 is 2.14 bits per heavy atom. The SMILES string of the molecule is CN(CCO)C1(CNc2ccc([N+](=O)[O-])cn2)CCCCC1. The predicted molar refractivity (Wildman–Crippen MR) is 84.9 cm³/mol. The molecule has 7 nitrogen and oxygen atoms in total. The molecule has 0 atom stereocenters. The van der Waals surface area contributed by atoms with Gasteiger partial charge in [0.1, 0.15) is 12.0 Å². The number of anilines is 1. The number of aromatic nitrogens is 1. The molecule has 1 aliphatic carbocycles. The van der Waals surface area contributed by atoms with E-state index < -0.39 is 4.92 Å². The minimum atomic E-state index is -0.450. The van der Waals surface area contributed by atoms with Gasteiger partial charge in [0.2, 0.25) is 0 Å². The summed E-state index contributed by atoms with van der Waals surface area (Å²) < 4.78 is 0. The summed E-state index contributed by atoms with van der Waals surface area (Å²) >= 11 is 0. The third-order valence-electron chi connectivity index (χ3n) is 4.59. The van der Waals surface area contributed by atoms with E-state index in [4.69, 9.17) is 0 Å². The van der Waals surface area contributed by atoms with E-state index in [0.717, 1.165) is 19.4 Å². The highest BCUT2D eigenvalue weighted by molar-refractivity contribution is 5.40. The van der Waals surface area contributed by atoms with Gasteiger partial charge < -0.3 is 10.4 Å². The van der Waals surface area contributed by atoms with E-state index in [0.29, 0.717) is 12.4 Å². The third-order valence-corrected chi connectivity index (χ3v) is 4.59. The molecule has 0 aromatic carbocycles. The van der Waals surface area contributed by atoms with Gasteiger partial charge in [-0.3, -0.25) is 15.0 Å². The van der Waals surface area contributed by atoms with E-state index in [-0.39, 0.29) is 17.8 Å². The summed E-state index contributed by atoms with van der Waals surface area (Å²) in [6.45, 7) is 1.53. The Balaban J connectivity index is 2.02. The van der Waals surface area contributed by atoms with Gasteiger partial charge in [0, 0.05) is 24.7 Å². The molecule has 22 heavy (non-hydrogen) atoms. The minimum absolute atomic E-state index is 0.00433. The first-order chi connectivity index (χ1) is 10.6. The molecule has 0 saturated heterocycles. The zero-order chi connectivity index (χ0) is 16.0. The van der Waals surface area contributed by atoms with Gasteiger partial charge in [0.15, 0.2) is 0 Å². The number of aliphatic hydroxyl groups is 1. The molecule has 1 fully saturated rings. The fraction of sp³-hybridized carbons (Fsp3) is 0.667. The number of hydrogen-bond donors (Lipinski definition) is 2. The second-order valence-corrected chi connectivity index (χ2v) is 5.94. The maximum atomic E-state index is 10.6. The maximum Gasteiger partial charge on any atom is 0.287 e. The van der Waals surface area contributed by atoms with Crippen molar-refractivity contribution in [2.75, 3.05) is 32.1 Å². The van der Waals surface area contributed by atoms with Crippen molar-refractivity contribution >= 4 is 11.5 Å². The predicted octanol–water partition coefficient (Wildman–Crippen LogP) is 2.03. The minimum Gasteiger partial charge on any atom is -0.395 e. The number of nitrogens with zero attached hydrogens (tertiary/aromatic N) is 3. The van der Waals surface area contributed by atoms with Crippen LogP contribution in [0.2, 0.25) is 0 Å². The monoisotopic (exact) mass is 308 g/mol. The first kappa shape index (κ1) is 16.6. The van der Waals surface area contributed by atoms with Gasteiger partial charge in [0.05, 0.1) is 11.5 Å². The summed E-state index contributed by atoms with van der Waals surface area (Å²) in [5, 5.41) is 23.2. The number of nitrogens with one attached hydrogen (secondary N) is 1. The van der Waals surface area contributed by atoms with Crippen LogP contribution in [0.5, 0.6) is 0 Å². The van der Waals surface area contributed by atoms with E-state index in [2.05, 4.69) is 15.2 Å². The quantitative estimate of drug-likeness (QED) is 0.591. The fourth-order valence-electron chi connectivity index (χ4n) is 3.14. The van der Waals surface area contributed by atoms with Crippen LogP contribution < -0.4 is 5.32 Å². The third kappa shape index (κ3) is 3.92. The molecule has 0 aliphatic heterocycles. The highest BCUT2D eigenvalue weighted by Crippen LogP contribution is 2.33. The van der Waals surface area contributed by atoms with Crippen LogP contribution in [0.1, 0.15) is 32.1 Å². The zero-order valence-corrected chi connectivity index (χ0v) is 13.0. The Kier molecular flexibility index (Phi) is 5.68. The molecule has 0 radical (unpaired) electrons. The number of aliphatic hydroxyl groups excluding tert-OH is 1. The van der Waals surface area contributed by atoms with Gasteiger partial charge in [-0.2, -0.15) is 0 Å². The number of β-amino-alcohol motifs (C(OH)–C–C–N with tert-alkyl or cyclic N) is 1. The van der Waals surface area contributed by atoms with Crippen molar-refractivity contribution in [2.45, 2.75) is 37.6 Å². The topological polar surface area (TPSA) is 91.5 Å². The van der Waals surface area contributed by atoms with Crippen molar-refractivity contribution in [1.29, 1.82) is 0 Å². The summed E-state index contributed by atoms with van der Waals surface area (Å²) in [4.78, 5) is 16.5. The molecule has 0 spiro atoms. The summed E-state index contributed by atoms with van der Waals surface area (Å²) in [6.07, 6.45) is 7.07. The zero-order valence-electron chi connectivity index (χ0n) is 13.0. The smallest absolute Gasteiger partial charge is 0.287 e. The number of pyridine rings is 1. The number of likely N-dealkylation sites (N-methyl/N-ethyl adjacent to an activating group) is 1. The first-order valence-corrected chi connectivity index (χ1v) is 7.74. The average molecular weight is 308 g/mol. The van der Waals surface area contributed by atoms with Gasteiger partial charge in [-0.15, -0.1) is 0 Å². The highest BCUT2D eigenvalue weighted by atomic mass is 16.6. The van der Waals surface area contributed by atoms with Gasteiger partial charge >= 0.3 is 0 Å².